The fourth-order valence-corrected chi connectivity index (χ4v) is 2.55. The molecular formula is C18H24N2O4S. The van der Waals surface area contributed by atoms with Gasteiger partial charge in [-0.05, 0) is 24.6 Å². The van der Waals surface area contributed by atoms with Crippen molar-refractivity contribution < 1.29 is 14.5 Å². The molecule has 0 aromatic heterocycles. The van der Waals surface area contributed by atoms with Gasteiger partial charge in [-0.15, -0.1) is 12.6 Å². The zero-order chi connectivity index (χ0) is 18.7. The molecule has 25 heavy (non-hydrogen) atoms. The lowest BCUT2D eigenvalue weighted by Crippen LogP contribution is -2.22. The van der Waals surface area contributed by atoms with Crippen molar-refractivity contribution in [1.82, 2.24) is 5.32 Å². The molecule has 136 valence electrons. The Morgan fingerprint density at radius 1 is 1.16 bits per heavy atom. The SMILES string of the molecule is CCCCCCCCNC(=O)C=CC(=O)c1ccc([N+](=O)[O-])c(S)c1. The van der Waals surface area contributed by atoms with E-state index in [1.165, 1.54) is 50.0 Å². The number of allylic oxidation sites excluding steroid dienone is 1. The second-order valence-corrected chi connectivity index (χ2v) is 6.20. The average molecular weight is 364 g/mol. The summed E-state index contributed by atoms with van der Waals surface area (Å²) in [5, 5.41) is 13.5. The van der Waals surface area contributed by atoms with E-state index in [1.807, 2.05) is 0 Å². The number of carbonyl (C=O) groups excluding carboxylic acids is 2. The molecule has 0 unspecified atom stereocenters. The normalized spacial score (nSPS) is 10.8. The van der Waals surface area contributed by atoms with Crippen LogP contribution in [0.2, 0.25) is 0 Å². The number of thiol groups is 1. The van der Waals surface area contributed by atoms with Gasteiger partial charge < -0.3 is 5.32 Å². The van der Waals surface area contributed by atoms with E-state index in [0.717, 1.165) is 18.9 Å². The van der Waals surface area contributed by atoms with Gasteiger partial charge in [-0.25, -0.2) is 0 Å². The van der Waals surface area contributed by atoms with Crippen LogP contribution in [0.1, 0.15) is 55.8 Å². The number of hydrogen-bond donors (Lipinski definition) is 2. The van der Waals surface area contributed by atoms with Crippen molar-refractivity contribution in [3.05, 3.63) is 46.0 Å². The van der Waals surface area contributed by atoms with Crippen LogP contribution in [0.4, 0.5) is 5.69 Å². The van der Waals surface area contributed by atoms with E-state index in [9.17, 15) is 19.7 Å². The summed E-state index contributed by atoms with van der Waals surface area (Å²) in [6, 6.07) is 3.89. The maximum Gasteiger partial charge on any atom is 0.282 e. The quantitative estimate of drug-likeness (QED) is 0.154. The number of ketones is 1. The first kappa shape index (κ1) is 20.9. The van der Waals surface area contributed by atoms with Crippen LogP contribution in [-0.4, -0.2) is 23.2 Å². The van der Waals surface area contributed by atoms with E-state index in [1.54, 1.807) is 0 Å². The number of nitro groups is 1. The van der Waals surface area contributed by atoms with Crippen molar-refractivity contribution in [1.29, 1.82) is 0 Å². The predicted octanol–water partition coefficient (Wildman–Crippen LogP) is 4.10. The standard InChI is InChI=1S/C18H24N2O4S/c1-2-3-4-5-6-7-12-19-18(22)11-10-16(21)14-8-9-15(20(23)24)17(25)13-14/h8-11,13,25H,2-7,12H2,1H3,(H,19,22). The molecule has 0 heterocycles. The van der Waals surface area contributed by atoms with Crippen LogP contribution < -0.4 is 5.32 Å². The zero-order valence-corrected chi connectivity index (χ0v) is 15.3. The third kappa shape index (κ3) is 7.98. The molecule has 1 aromatic rings. The van der Waals surface area contributed by atoms with Gasteiger partial charge in [0.1, 0.15) is 0 Å². The highest BCUT2D eigenvalue weighted by Gasteiger charge is 2.13. The highest BCUT2D eigenvalue weighted by atomic mass is 32.1. The molecule has 0 saturated heterocycles. The van der Waals surface area contributed by atoms with Crippen LogP contribution in [0, 0.1) is 10.1 Å². The number of hydrogen-bond acceptors (Lipinski definition) is 5. The molecule has 0 aliphatic heterocycles. The monoisotopic (exact) mass is 364 g/mol. The second kappa shape index (κ2) is 11.4. The first-order valence-corrected chi connectivity index (χ1v) is 8.88. The van der Waals surface area contributed by atoms with Crippen molar-refractivity contribution >= 4 is 30.0 Å². The van der Waals surface area contributed by atoms with Crippen LogP contribution in [0.15, 0.2) is 35.2 Å². The van der Waals surface area contributed by atoms with E-state index in [4.69, 9.17) is 0 Å². The largest absolute Gasteiger partial charge is 0.353 e. The van der Waals surface area contributed by atoms with E-state index >= 15 is 0 Å². The Balaban J connectivity index is 2.39. The summed E-state index contributed by atoms with van der Waals surface area (Å²) in [6.07, 6.45) is 9.18. The summed E-state index contributed by atoms with van der Waals surface area (Å²) in [6.45, 7) is 2.75. The number of unbranched alkanes of at least 4 members (excludes halogenated alkanes) is 5. The van der Waals surface area contributed by atoms with Gasteiger partial charge in [-0.1, -0.05) is 39.0 Å². The Morgan fingerprint density at radius 3 is 2.48 bits per heavy atom. The van der Waals surface area contributed by atoms with Gasteiger partial charge >= 0.3 is 0 Å². The Bertz CT molecular complexity index is 644. The Labute approximate surface area is 153 Å². The minimum atomic E-state index is -0.567. The van der Waals surface area contributed by atoms with Gasteiger partial charge in [0, 0.05) is 24.3 Å². The maximum absolute atomic E-state index is 12.0. The number of nitrogens with one attached hydrogen (secondary N) is 1. The predicted molar refractivity (Wildman–Crippen MR) is 100 cm³/mol. The average Bonchev–Trinajstić information content (AvgIpc) is 2.58. The smallest absolute Gasteiger partial charge is 0.282 e. The summed E-state index contributed by atoms with van der Waals surface area (Å²) in [5.74, 6) is -0.727. The number of rotatable bonds is 11. The van der Waals surface area contributed by atoms with E-state index in [-0.39, 0.29) is 22.1 Å². The van der Waals surface area contributed by atoms with Crippen LogP contribution in [0.25, 0.3) is 0 Å². The Morgan fingerprint density at radius 2 is 1.84 bits per heavy atom. The minimum Gasteiger partial charge on any atom is -0.353 e. The molecule has 7 heteroatoms. The fraction of sp³-hybridized carbons (Fsp3) is 0.444. The van der Waals surface area contributed by atoms with Gasteiger partial charge in [-0.3, -0.25) is 19.7 Å². The molecule has 6 nitrogen and oxygen atoms in total. The molecular weight excluding hydrogens is 340 g/mol. The molecule has 1 N–H and O–H groups in total. The molecule has 0 spiro atoms. The first-order chi connectivity index (χ1) is 12.0. The van der Waals surface area contributed by atoms with Crippen molar-refractivity contribution in [2.45, 2.75) is 50.3 Å². The highest BCUT2D eigenvalue weighted by Crippen LogP contribution is 2.23. The lowest BCUT2D eigenvalue weighted by Gasteiger charge is -2.02. The van der Waals surface area contributed by atoms with Gasteiger partial charge in [-0.2, -0.15) is 0 Å². The third-order valence-electron chi connectivity index (χ3n) is 3.67. The number of carbonyl (C=O) groups is 2. The molecule has 0 radical (unpaired) electrons. The number of benzene rings is 1. The van der Waals surface area contributed by atoms with Gasteiger partial charge in [0.2, 0.25) is 5.91 Å². The minimum absolute atomic E-state index is 0.108. The zero-order valence-electron chi connectivity index (χ0n) is 14.4. The van der Waals surface area contributed by atoms with E-state index < -0.39 is 10.7 Å². The summed E-state index contributed by atoms with van der Waals surface area (Å²) in [4.78, 5) is 33.9. The van der Waals surface area contributed by atoms with Crippen molar-refractivity contribution in [3.8, 4) is 0 Å². The number of amides is 1. The fourth-order valence-electron chi connectivity index (χ4n) is 2.25. The van der Waals surface area contributed by atoms with E-state index in [0.29, 0.717) is 6.54 Å². The molecule has 0 aliphatic rings. The third-order valence-corrected chi connectivity index (χ3v) is 4.03. The van der Waals surface area contributed by atoms with E-state index in [2.05, 4.69) is 24.9 Å². The molecule has 1 aromatic carbocycles. The van der Waals surface area contributed by atoms with Crippen molar-refractivity contribution in [2.75, 3.05) is 6.54 Å². The summed E-state index contributed by atoms with van der Waals surface area (Å²) >= 11 is 4.00. The van der Waals surface area contributed by atoms with Gasteiger partial charge in [0.05, 0.1) is 9.82 Å². The van der Waals surface area contributed by atoms with Crippen LogP contribution in [0.3, 0.4) is 0 Å². The first-order valence-electron chi connectivity index (χ1n) is 8.43. The van der Waals surface area contributed by atoms with Crippen molar-refractivity contribution in [2.24, 2.45) is 0 Å². The molecule has 0 aliphatic carbocycles. The highest BCUT2D eigenvalue weighted by molar-refractivity contribution is 7.80. The van der Waals surface area contributed by atoms with Gasteiger partial charge in [0.25, 0.3) is 5.69 Å². The second-order valence-electron chi connectivity index (χ2n) is 5.72. The lowest BCUT2D eigenvalue weighted by molar-refractivity contribution is -0.387. The maximum atomic E-state index is 12.0. The molecule has 0 saturated carbocycles. The van der Waals surface area contributed by atoms with Crippen molar-refractivity contribution in [3.63, 3.8) is 0 Å². The summed E-state index contributed by atoms with van der Waals surface area (Å²) in [7, 11) is 0. The van der Waals surface area contributed by atoms with Crippen LogP contribution in [0.5, 0.6) is 0 Å². The molecule has 1 rings (SSSR count). The number of nitrogens with zero attached hydrogens (tertiary/aromatic N) is 1. The van der Waals surface area contributed by atoms with Crippen LogP contribution in [-0.2, 0) is 4.79 Å². The molecule has 0 fully saturated rings. The number of nitro benzene ring substituents is 1. The topological polar surface area (TPSA) is 89.3 Å². The van der Waals surface area contributed by atoms with Crippen LogP contribution >= 0.6 is 12.6 Å². The Hall–Kier alpha value is -2.15. The molecule has 0 atom stereocenters. The summed E-state index contributed by atoms with van der Waals surface area (Å²) in [5.41, 5.74) is 0.0797. The summed E-state index contributed by atoms with van der Waals surface area (Å²) < 4.78 is 0. The molecule has 0 bridgehead atoms. The molecule has 1 amide bonds. The lowest BCUT2D eigenvalue weighted by atomic mass is 10.1. The van der Waals surface area contributed by atoms with Gasteiger partial charge in [0.15, 0.2) is 5.78 Å². The Kier molecular flexibility index (Phi) is 9.54.